The number of nitrogens with one attached hydrogen (secondary N) is 3. The van der Waals surface area contributed by atoms with E-state index in [0.29, 0.717) is 57.1 Å². The van der Waals surface area contributed by atoms with Crippen LogP contribution in [-0.2, 0) is 9.53 Å². The number of likely N-dealkylation sites (N-methyl/N-ethyl adjacent to an activating group) is 1. The lowest BCUT2D eigenvalue weighted by atomic mass is 9.85. The molecule has 0 aliphatic carbocycles. The van der Waals surface area contributed by atoms with Gasteiger partial charge in [0.2, 0.25) is 5.95 Å². The number of primary amides is 1. The number of carbonyl (C=O) groups excluding carboxylic acids is 3. The van der Waals surface area contributed by atoms with Gasteiger partial charge in [-0.05, 0) is 63.8 Å². The normalized spacial score (nSPS) is 19.7. The molecule has 0 unspecified atom stereocenters. The third kappa shape index (κ3) is 7.13. The maximum absolute atomic E-state index is 13.2. The maximum atomic E-state index is 13.2. The summed E-state index contributed by atoms with van der Waals surface area (Å²) in [4.78, 5) is 46.2. The molecule has 0 spiro atoms. The summed E-state index contributed by atoms with van der Waals surface area (Å²) in [6, 6.07) is 6.80. The van der Waals surface area contributed by atoms with Crippen molar-refractivity contribution in [3.63, 3.8) is 0 Å². The molecular weight excluding hydrogens is 502 g/mol. The predicted molar refractivity (Wildman–Crippen MR) is 146 cm³/mol. The zero-order valence-corrected chi connectivity index (χ0v) is 22.3. The van der Waals surface area contributed by atoms with Gasteiger partial charge in [0.05, 0.1) is 13.2 Å². The number of nitrogens with zero attached hydrogens (tertiary/aromatic N) is 5. The number of hydrogen-bond acceptors (Lipinski definition) is 11. The molecule has 2 aromatic rings. The Morgan fingerprint density at radius 2 is 1.92 bits per heavy atom. The SMILES string of the molecule is CN(C)C/C=C/C(=O)[C@@]1(Nc2nnc(C(N)=O)c(Nc3ccc(C(=O)N4CCOCC4)cc3)n2)CCCNC1. The number of hydrogen-bond donors (Lipinski definition) is 4. The van der Waals surface area contributed by atoms with Crippen LogP contribution in [0, 0.1) is 0 Å². The summed E-state index contributed by atoms with van der Waals surface area (Å²) in [7, 11) is 3.85. The highest BCUT2D eigenvalue weighted by Gasteiger charge is 2.39. The molecule has 1 aromatic heterocycles. The van der Waals surface area contributed by atoms with Crippen LogP contribution in [0.25, 0.3) is 0 Å². The van der Waals surface area contributed by atoms with Gasteiger partial charge in [0, 0.05) is 37.4 Å². The number of amides is 2. The third-order valence-electron chi connectivity index (χ3n) is 6.56. The second-order valence-electron chi connectivity index (χ2n) is 9.82. The van der Waals surface area contributed by atoms with Crippen LogP contribution in [0.4, 0.5) is 17.5 Å². The second kappa shape index (κ2) is 12.7. The van der Waals surface area contributed by atoms with Crippen LogP contribution in [-0.4, -0.2) is 108 Å². The molecule has 2 aliphatic rings. The van der Waals surface area contributed by atoms with Crippen molar-refractivity contribution in [2.24, 2.45) is 5.73 Å². The van der Waals surface area contributed by atoms with Gasteiger partial charge in [-0.2, -0.15) is 4.98 Å². The van der Waals surface area contributed by atoms with Gasteiger partial charge in [0.15, 0.2) is 17.3 Å². The molecule has 0 bridgehead atoms. The van der Waals surface area contributed by atoms with Gasteiger partial charge in [-0.15, -0.1) is 10.2 Å². The fourth-order valence-corrected chi connectivity index (χ4v) is 4.44. The molecule has 2 saturated heterocycles. The molecule has 0 saturated carbocycles. The molecule has 2 aliphatic heterocycles. The molecule has 2 fully saturated rings. The van der Waals surface area contributed by atoms with Gasteiger partial charge in [-0.25, -0.2) is 0 Å². The Morgan fingerprint density at radius 1 is 1.18 bits per heavy atom. The number of nitrogens with two attached hydrogens (primary N) is 1. The van der Waals surface area contributed by atoms with Gasteiger partial charge >= 0.3 is 0 Å². The van der Waals surface area contributed by atoms with E-state index < -0.39 is 11.4 Å². The minimum atomic E-state index is -0.963. The summed E-state index contributed by atoms with van der Waals surface area (Å²) in [5, 5.41) is 17.5. The molecule has 39 heavy (non-hydrogen) atoms. The molecule has 5 N–H and O–H groups in total. The highest BCUT2D eigenvalue weighted by molar-refractivity contribution is 6.00. The number of piperidine rings is 1. The van der Waals surface area contributed by atoms with E-state index in [1.807, 2.05) is 25.1 Å². The van der Waals surface area contributed by atoms with Crippen LogP contribution in [0.15, 0.2) is 36.4 Å². The van der Waals surface area contributed by atoms with Gasteiger partial charge in [0.1, 0.15) is 5.54 Å². The van der Waals surface area contributed by atoms with Crippen molar-refractivity contribution >= 4 is 35.1 Å². The number of anilines is 3. The van der Waals surface area contributed by atoms with Crippen LogP contribution in [0.3, 0.4) is 0 Å². The van der Waals surface area contributed by atoms with Crippen molar-refractivity contribution in [2.75, 3.05) is 70.7 Å². The summed E-state index contributed by atoms with van der Waals surface area (Å²) in [6.07, 6.45) is 4.75. The van der Waals surface area contributed by atoms with E-state index in [2.05, 4.69) is 31.1 Å². The summed E-state index contributed by atoms with van der Waals surface area (Å²) in [5.41, 5.74) is 5.51. The van der Waals surface area contributed by atoms with Crippen LogP contribution in [0.2, 0.25) is 0 Å². The lowest BCUT2D eigenvalue weighted by Gasteiger charge is -2.36. The average molecular weight is 538 g/mol. The van der Waals surface area contributed by atoms with Crippen LogP contribution in [0.5, 0.6) is 0 Å². The fraction of sp³-hybridized carbons (Fsp3) is 0.462. The monoisotopic (exact) mass is 537 g/mol. The average Bonchev–Trinajstić information content (AvgIpc) is 2.94. The van der Waals surface area contributed by atoms with Crippen molar-refractivity contribution in [1.82, 2.24) is 30.3 Å². The molecule has 208 valence electrons. The Labute approximate surface area is 227 Å². The van der Waals surface area contributed by atoms with E-state index in [1.165, 1.54) is 0 Å². The highest BCUT2D eigenvalue weighted by Crippen LogP contribution is 2.25. The van der Waals surface area contributed by atoms with Gasteiger partial charge in [-0.3, -0.25) is 14.4 Å². The van der Waals surface area contributed by atoms with Crippen molar-refractivity contribution < 1.29 is 19.1 Å². The van der Waals surface area contributed by atoms with Crippen LogP contribution in [0.1, 0.15) is 33.7 Å². The molecule has 2 amide bonds. The fourth-order valence-electron chi connectivity index (χ4n) is 4.44. The first kappa shape index (κ1) is 28.1. The summed E-state index contributed by atoms with van der Waals surface area (Å²) >= 11 is 0. The zero-order chi connectivity index (χ0) is 27.8. The van der Waals surface area contributed by atoms with Crippen molar-refractivity contribution in [1.29, 1.82) is 0 Å². The first-order chi connectivity index (χ1) is 18.8. The quantitative estimate of drug-likeness (QED) is 0.310. The molecule has 13 heteroatoms. The molecule has 4 rings (SSSR count). The van der Waals surface area contributed by atoms with Crippen molar-refractivity contribution in [3.8, 4) is 0 Å². The predicted octanol–water partition coefficient (Wildman–Crippen LogP) is 0.408. The summed E-state index contributed by atoms with van der Waals surface area (Å²) < 4.78 is 5.31. The summed E-state index contributed by atoms with van der Waals surface area (Å²) in [6.45, 7) is 3.96. The number of ether oxygens (including phenoxy) is 1. The Hall–Kier alpha value is -3.94. The van der Waals surface area contributed by atoms with E-state index in [-0.39, 0.29) is 29.2 Å². The lowest BCUT2D eigenvalue weighted by Crippen LogP contribution is -2.56. The van der Waals surface area contributed by atoms with E-state index in [0.717, 1.165) is 13.0 Å². The Balaban J connectivity index is 1.54. The number of morpholine rings is 1. The molecular formula is C26H35N9O4. The molecule has 1 aromatic carbocycles. The Bertz CT molecular complexity index is 1200. The standard InChI is InChI=1S/C26H35N9O4/c1-34(2)12-3-5-20(36)26(10-4-11-28-17-26)31-25-30-23(21(22(27)37)32-33-25)29-19-8-6-18(7-9-19)24(38)35-13-15-39-16-14-35/h3,5-9,28H,4,10-17H2,1-2H3,(H2,27,37)(H2,29,30,31,33)/b5-3+/t26-/m1/s1. The highest BCUT2D eigenvalue weighted by atomic mass is 16.5. The number of aromatic nitrogens is 3. The van der Waals surface area contributed by atoms with Crippen LogP contribution >= 0.6 is 0 Å². The summed E-state index contributed by atoms with van der Waals surface area (Å²) in [5.74, 6) is -0.816. The number of rotatable bonds is 10. The number of benzene rings is 1. The van der Waals surface area contributed by atoms with Gasteiger partial charge in [-0.1, -0.05) is 6.08 Å². The third-order valence-corrected chi connectivity index (χ3v) is 6.56. The van der Waals surface area contributed by atoms with Crippen molar-refractivity contribution in [3.05, 3.63) is 47.7 Å². The van der Waals surface area contributed by atoms with E-state index >= 15 is 0 Å². The number of ketones is 1. The van der Waals surface area contributed by atoms with E-state index in [4.69, 9.17) is 10.5 Å². The number of carbonyl (C=O) groups is 3. The minimum absolute atomic E-state index is 0.0754. The minimum Gasteiger partial charge on any atom is -0.378 e. The molecule has 13 nitrogen and oxygen atoms in total. The smallest absolute Gasteiger partial charge is 0.273 e. The topological polar surface area (TPSA) is 168 Å². The van der Waals surface area contributed by atoms with Crippen molar-refractivity contribution in [2.45, 2.75) is 18.4 Å². The van der Waals surface area contributed by atoms with Crippen LogP contribution < -0.4 is 21.7 Å². The molecule has 3 heterocycles. The van der Waals surface area contributed by atoms with Gasteiger partial charge in [0.25, 0.3) is 11.8 Å². The first-order valence-corrected chi connectivity index (χ1v) is 12.9. The lowest BCUT2D eigenvalue weighted by molar-refractivity contribution is -0.119. The van der Waals surface area contributed by atoms with E-state index in [9.17, 15) is 14.4 Å². The van der Waals surface area contributed by atoms with E-state index in [1.54, 1.807) is 35.2 Å². The Morgan fingerprint density at radius 3 is 2.56 bits per heavy atom. The molecule has 0 radical (unpaired) electrons. The molecule has 1 atom stereocenters. The largest absolute Gasteiger partial charge is 0.378 e. The van der Waals surface area contributed by atoms with Gasteiger partial charge < -0.3 is 36.2 Å². The Kier molecular flexibility index (Phi) is 9.17. The first-order valence-electron chi connectivity index (χ1n) is 12.9. The maximum Gasteiger partial charge on any atom is 0.273 e. The second-order valence-corrected chi connectivity index (χ2v) is 9.82. The zero-order valence-electron chi connectivity index (χ0n) is 22.3.